The first-order valence-corrected chi connectivity index (χ1v) is 5.54. The van der Waals surface area contributed by atoms with Gasteiger partial charge in [-0.25, -0.2) is 4.39 Å². The molecule has 0 atom stereocenters. The summed E-state index contributed by atoms with van der Waals surface area (Å²) in [5.74, 6) is -0.135. The molecule has 0 saturated heterocycles. The molecular formula is C13H17FN2. The minimum Gasteiger partial charge on any atom is -0.345 e. The summed E-state index contributed by atoms with van der Waals surface area (Å²) in [6.45, 7) is 3.67. The Morgan fingerprint density at radius 2 is 2.06 bits per heavy atom. The van der Waals surface area contributed by atoms with Crippen molar-refractivity contribution in [3.05, 3.63) is 35.8 Å². The molecule has 0 unspecified atom stereocenters. The molecule has 0 aliphatic rings. The number of benzene rings is 1. The zero-order valence-electron chi connectivity index (χ0n) is 10.00. The SMILES string of the molecule is CCn1cc(CN(C)C)c2cccc(F)c21. The monoisotopic (exact) mass is 220 g/mol. The van der Waals surface area contributed by atoms with E-state index in [0.29, 0.717) is 0 Å². The highest BCUT2D eigenvalue weighted by atomic mass is 19.1. The highest BCUT2D eigenvalue weighted by Crippen LogP contribution is 2.24. The molecule has 0 bridgehead atoms. The maximum Gasteiger partial charge on any atom is 0.147 e. The maximum atomic E-state index is 13.8. The zero-order valence-corrected chi connectivity index (χ0v) is 10.00. The molecule has 0 spiro atoms. The number of aromatic nitrogens is 1. The van der Waals surface area contributed by atoms with Crippen molar-refractivity contribution in [2.75, 3.05) is 14.1 Å². The molecule has 1 aromatic heterocycles. The minimum atomic E-state index is -0.135. The smallest absolute Gasteiger partial charge is 0.147 e. The van der Waals surface area contributed by atoms with Crippen LogP contribution in [0.1, 0.15) is 12.5 Å². The van der Waals surface area contributed by atoms with Crippen molar-refractivity contribution in [1.82, 2.24) is 9.47 Å². The lowest BCUT2D eigenvalue weighted by Gasteiger charge is -2.07. The van der Waals surface area contributed by atoms with Gasteiger partial charge in [-0.05, 0) is 32.6 Å². The summed E-state index contributed by atoms with van der Waals surface area (Å²) in [7, 11) is 4.04. The van der Waals surface area contributed by atoms with E-state index in [9.17, 15) is 4.39 Å². The molecule has 0 aliphatic carbocycles. The van der Waals surface area contributed by atoms with E-state index < -0.39 is 0 Å². The second-order valence-corrected chi connectivity index (χ2v) is 4.31. The summed E-state index contributed by atoms with van der Waals surface area (Å²) in [6.07, 6.45) is 2.05. The Balaban J connectivity index is 2.63. The van der Waals surface area contributed by atoms with Crippen LogP contribution in [0.25, 0.3) is 10.9 Å². The van der Waals surface area contributed by atoms with Crippen LogP contribution in [0.2, 0.25) is 0 Å². The highest BCUT2D eigenvalue weighted by molar-refractivity contribution is 5.84. The van der Waals surface area contributed by atoms with Gasteiger partial charge in [0.15, 0.2) is 0 Å². The predicted octanol–water partition coefficient (Wildman–Crippen LogP) is 2.86. The van der Waals surface area contributed by atoms with Gasteiger partial charge in [-0.1, -0.05) is 12.1 Å². The van der Waals surface area contributed by atoms with Crippen LogP contribution in [0.15, 0.2) is 24.4 Å². The number of rotatable bonds is 3. The molecule has 0 radical (unpaired) electrons. The van der Waals surface area contributed by atoms with Gasteiger partial charge >= 0.3 is 0 Å². The molecule has 0 amide bonds. The van der Waals surface area contributed by atoms with Crippen molar-refractivity contribution in [2.24, 2.45) is 0 Å². The third-order valence-corrected chi connectivity index (χ3v) is 2.76. The van der Waals surface area contributed by atoms with Crippen molar-refractivity contribution in [2.45, 2.75) is 20.0 Å². The summed E-state index contributed by atoms with van der Waals surface area (Å²) >= 11 is 0. The van der Waals surface area contributed by atoms with Gasteiger partial charge < -0.3 is 9.47 Å². The van der Waals surface area contributed by atoms with E-state index in [1.165, 1.54) is 11.6 Å². The molecule has 0 N–H and O–H groups in total. The van der Waals surface area contributed by atoms with E-state index in [1.807, 2.05) is 37.8 Å². The Bertz CT molecular complexity index is 500. The number of hydrogen-bond donors (Lipinski definition) is 0. The van der Waals surface area contributed by atoms with Gasteiger partial charge in [0, 0.05) is 24.7 Å². The molecule has 2 rings (SSSR count). The summed E-state index contributed by atoms with van der Waals surface area (Å²) in [4.78, 5) is 2.10. The molecule has 2 aromatic rings. The first kappa shape index (κ1) is 11.1. The third kappa shape index (κ3) is 1.83. The predicted molar refractivity (Wildman–Crippen MR) is 65.0 cm³/mol. The van der Waals surface area contributed by atoms with E-state index in [-0.39, 0.29) is 5.82 Å². The van der Waals surface area contributed by atoms with Gasteiger partial charge in [-0.15, -0.1) is 0 Å². The van der Waals surface area contributed by atoms with Gasteiger partial charge in [0.25, 0.3) is 0 Å². The quantitative estimate of drug-likeness (QED) is 0.772. The Hall–Kier alpha value is -1.35. The molecule has 16 heavy (non-hydrogen) atoms. The van der Waals surface area contributed by atoms with Crippen LogP contribution in [-0.2, 0) is 13.1 Å². The number of para-hydroxylation sites is 1. The fourth-order valence-corrected chi connectivity index (χ4v) is 2.10. The lowest BCUT2D eigenvalue weighted by molar-refractivity contribution is 0.403. The number of halogens is 1. The standard InChI is InChI=1S/C13H17FN2/c1-4-16-9-10(8-15(2)3)11-6-5-7-12(14)13(11)16/h5-7,9H,4,8H2,1-3H3. The Kier molecular flexibility index (Phi) is 2.97. The van der Waals surface area contributed by atoms with Gasteiger partial charge in [0.05, 0.1) is 5.52 Å². The number of aryl methyl sites for hydroxylation is 1. The average molecular weight is 220 g/mol. The van der Waals surface area contributed by atoms with Crippen molar-refractivity contribution in [1.29, 1.82) is 0 Å². The first-order valence-electron chi connectivity index (χ1n) is 5.54. The van der Waals surface area contributed by atoms with E-state index in [2.05, 4.69) is 4.90 Å². The molecule has 0 fully saturated rings. The summed E-state index contributed by atoms with van der Waals surface area (Å²) in [5.41, 5.74) is 1.91. The fourth-order valence-electron chi connectivity index (χ4n) is 2.10. The summed E-state index contributed by atoms with van der Waals surface area (Å²) in [5, 5.41) is 1.02. The second-order valence-electron chi connectivity index (χ2n) is 4.31. The number of nitrogens with zero attached hydrogens (tertiary/aromatic N) is 2. The zero-order chi connectivity index (χ0) is 11.7. The van der Waals surface area contributed by atoms with Crippen LogP contribution in [-0.4, -0.2) is 23.6 Å². The molecule has 2 nitrogen and oxygen atoms in total. The van der Waals surface area contributed by atoms with Crippen LogP contribution in [0.5, 0.6) is 0 Å². The molecule has 3 heteroatoms. The van der Waals surface area contributed by atoms with Crippen molar-refractivity contribution < 1.29 is 4.39 Å². The molecule has 0 aliphatic heterocycles. The Morgan fingerprint density at radius 1 is 1.31 bits per heavy atom. The molecule has 1 aromatic carbocycles. The molecule has 86 valence electrons. The second kappa shape index (κ2) is 4.26. The highest BCUT2D eigenvalue weighted by Gasteiger charge is 2.11. The first-order chi connectivity index (χ1) is 7.63. The van der Waals surface area contributed by atoms with Crippen LogP contribution in [0.3, 0.4) is 0 Å². The Labute approximate surface area is 95.3 Å². The van der Waals surface area contributed by atoms with E-state index in [1.54, 1.807) is 6.07 Å². The Morgan fingerprint density at radius 3 is 2.69 bits per heavy atom. The van der Waals surface area contributed by atoms with Crippen LogP contribution in [0.4, 0.5) is 4.39 Å². The van der Waals surface area contributed by atoms with Gasteiger partial charge in [0.2, 0.25) is 0 Å². The van der Waals surface area contributed by atoms with E-state index in [0.717, 1.165) is 24.0 Å². The van der Waals surface area contributed by atoms with Crippen LogP contribution >= 0.6 is 0 Å². The number of hydrogen-bond acceptors (Lipinski definition) is 1. The average Bonchev–Trinajstić information content (AvgIpc) is 2.57. The van der Waals surface area contributed by atoms with Crippen LogP contribution < -0.4 is 0 Å². The van der Waals surface area contributed by atoms with Crippen molar-refractivity contribution >= 4 is 10.9 Å². The topological polar surface area (TPSA) is 8.17 Å². The minimum absolute atomic E-state index is 0.135. The van der Waals surface area contributed by atoms with Gasteiger partial charge in [0.1, 0.15) is 5.82 Å². The lowest BCUT2D eigenvalue weighted by atomic mass is 10.1. The van der Waals surface area contributed by atoms with Crippen molar-refractivity contribution in [3.63, 3.8) is 0 Å². The van der Waals surface area contributed by atoms with E-state index >= 15 is 0 Å². The summed E-state index contributed by atoms with van der Waals surface area (Å²) in [6, 6.07) is 5.29. The van der Waals surface area contributed by atoms with E-state index in [4.69, 9.17) is 0 Å². The third-order valence-electron chi connectivity index (χ3n) is 2.76. The maximum absolute atomic E-state index is 13.8. The molecular weight excluding hydrogens is 203 g/mol. The van der Waals surface area contributed by atoms with Gasteiger partial charge in [-0.2, -0.15) is 0 Å². The fraction of sp³-hybridized carbons (Fsp3) is 0.385. The van der Waals surface area contributed by atoms with Gasteiger partial charge in [-0.3, -0.25) is 0 Å². The number of fused-ring (bicyclic) bond motifs is 1. The normalized spacial score (nSPS) is 11.6. The summed E-state index contributed by atoms with van der Waals surface area (Å²) < 4.78 is 15.7. The van der Waals surface area contributed by atoms with Crippen molar-refractivity contribution in [3.8, 4) is 0 Å². The molecule has 1 heterocycles. The largest absolute Gasteiger partial charge is 0.345 e. The lowest BCUT2D eigenvalue weighted by Crippen LogP contribution is -2.10. The van der Waals surface area contributed by atoms with Crippen LogP contribution in [0, 0.1) is 5.82 Å². The molecule has 0 saturated carbocycles.